The van der Waals surface area contributed by atoms with Gasteiger partial charge in [-0.1, -0.05) is 11.8 Å². The van der Waals surface area contributed by atoms with Crippen LogP contribution in [0.1, 0.15) is 0 Å². The van der Waals surface area contributed by atoms with E-state index in [0.29, 0.717) is 17.5 Å². The third kappa shape index (κ3) is 3.28. The van der Waals surface area contributed by atoms with Crippen molar-refractivity contribution < 1.29 is 4.79 Å². The van der Waals surface area contributed by atoms with Crippen molar-refractivity contribution in [1.82, 2.24) is 24.9 Å². The van der Waals surface area contributed by atoms with Gasteiger partial charge in [-0.05, 0) is 7.05 Å². The van der Waals surface area contributed by atoms with E-state index in [1.165, 1.54) is 24.0 Å². The molecular formula is C13H19N5O2S. The lowest BCUT2D eigenvalue weighted by atomic mass is 10.1. The minimum Gasteiger partial charge on any atom is -0.304 e. The highest BCUT2D eigenvalue weighted by molar-refractivity contribution is 7.99. The maximum absolute atomic E-state index is 12.4. The quantitative estimate of drug-likeness (QED) is 0.725. The molecule has 2 aliphatic rings. The Kier molecular flexibility index (Phi) is 4.27. The fourth-order valence-electron chi connectivity index (χ4n) is 2.47. The molecule has 7 nitrogen and oxygen atoms in total. The highest BCUT2D eigenvalue weighted by Crippen LogP contribution is 2.24. The molecule has 1 atom stereocenters. The zero-order valence-electron chi connectivity index (χ0n) is 12.0. The maximum Gasteiger partial charge on any atom is 0.254 e. The molecule has 1 N–H and O–H groups in total. The predicted octanol–water partition coefficient (Wildman–Crippen LogP) is -0.756. The molecule has 1 unspecified atom stereocenters. The van der Waals surface area contributed by atoms with Crippen LogP contribution in [0.15, 0.2) is 22.2 Å². The number of carbonyl (C=O) groups excluding carboxylic acids is 1. The van der Waals surface area contributed by atoms with Crippen molar-refractivity contribution in [1.29, 1.82) is 0 Å². The Bertz CT molecular complexity index is 582. The highest BCUT2D eigenvalue weighted by Gasteiger charge is 2.28. The number of rotatable bonds is 2. The van der Waals surface area contributed by atoms with Gasteiger partial charge < -0.3 is 4.90 Å². The lowest BCUT2D eigenvalue weighted by Crippen LogP contribution is -2.54. The van der Waals surface area contributed by atoms with Crippen LogP contribution < -0.4 is 11.0 Å². The van der Waals surface area contributed by atoms with E-state index < -0.39 is 0 Å². The second-order valence-corrected chi connectivity index (χ2v) is 6.44. The van der Waals surface area contributed by atoms with Crippen LogP contribution in [0.5, 0.6) is 0 Å². The number of thioether (sulfide) groups is 1. The van der Waals surface area contributed by atoms with Gasteiger partial charge in [0.15, 0.2) is 5.16 Å². The lowest BCUT2D eigenvalue weighted by Gasteiger charge is -2.34. The fourth-order valence-corrected chi connectivity index (χ4v) is 3.54. The first-order valence-electron chi connectivity index (χ1n) is 7.06. The van der Waals surface area contributed by atoms with Gasteiger partial charge in [-0.2, -0.15) is 0 Å². The molecule has 1 aromatic rings. The number of likely N-dealkylation sites (N-methyl/N-ethyl adjacent to an activating group) is 1. The third-order valence-electron chi connectivity index (χ3n) is 3.86. The van der Waals surface area contributed by atoms with Gasteiger partial charge >= 0.3 is 0 Å². The zero-order valence-corrected chi connectivity index (χ0v) is 12.8. The summed E-state index contributed by atoms with van der Waals surface area (Å²) in [5.41, 5.74) is 2.89. The molecule has 2 aliphatic heterocycles. The summed E-state index contributed by atoms with van der Waals surface area (Å²) in [7, 11) is 2.08. The van der Waals surface area contributed by atoms with Crippen molar-refractivity contribution in [2.24, 2.45) is 5.92 Å². The molecule has 3 heterocycles. The van der Waals surface area contributed by atoms with Crippen LogP contribution in [0.3, 0.4) is 0 Å². The molecule has 114 valence electrons. The van der Waals surface area contributed by atoms with Gasteiger partial charge in [-0.25, -0.2) is 9.99 Å². The summed E-state index contributed by atoms with van der Waals surface area (Å²) in [6, 6.07) is 1.44. The van der Waals surface area contributed by atoms with Crippen molar-refractivity contribution in [3.05, 3.63) is 22.6 Å². The number of amides is 1. The number of hydrazine groups is 1. The first kappa shape index (κ1) is 14.6. The standard InChI is InChI=1S/C13H19N5O2S/c1-16-4-6-17(7-5-16)15-12(20)10-8-18-11(19)2-3-14-13(18)21-9-10/h2-3,10H,4-9H2,1H3,(H,15,20). The summed E-state index contributed by atoms with van der Waals surface area (Å²) in [4.78, 5) is 30.6. The first-order valence-corrected chi connectivity index (χ1v) is 8.04. The second kappa shape index (κ2) is 6.17. The third-order valence-corrected chi connectivity index (χ3v) is 5.01. The van der Waals surface area contributed by atoms with Gasteiger partial charge in [0.25, 0.3) is 5.56 Å². The molecule has 1 fully saturated rings. The molecule has 1 aromatic heterocycles. The first-order chi connectivity index (χ1) is 10.1. The monoisotopic (exact) mass is 309 g/mol. The van der Waals surface area contributed by atoms with Gasteiger partial charge in [0, 0.05) is 50.7 Å². The summed E-state index contributed by atoms with van der Waals surface area (Å²) in [5, 5.41) is 2.67. The summed E-state index contributed by atoms with van der Waals surface area (Å²) in [6.45, 7) is 3.98. The predicted molar refractivity (Wildman–Crippen MR) is 79.9 cm³/mol. The maximum atomic E-state index is 12.4. The van der Waals surface area contributed by atoms with E-state index >= 15 is 0 Å². The molecule has 3 rings (SSSR count). The number of carbonyl (C=O) groups is 1. The summed E-state index contributed by atoms with van der Waals surface area (Å²) in [5.74, 6) is 0.466. The van der Waals surface area contributed by atoms with Crippen LogP contribution in [0.25, 0.3) is 0 Å². The van der Waals surface area contributed by atoms with Crippen LogP contribution in [-0.2, 0) is 11.3 Å². The summed E-state index contributed by atoms with van der Waals surface area (Å²) < 4.78 is 1.59. The normalized spacial score (nSPS) is 23.6. The van der Waals surface area contributed by atoms with Crippen molar-refractivity contribution in [3.63, 3.8) is 0 Å². The van der Waals surface area contributed by atoms with Crippen molar-refractivity contribution in [2.45, 2.75) is 11.7 Å². The molecule has 0 aromatic carbocycles. The van der Waals surface area contributed by atoms with Gasteiger partial charge in [0.1, 0.15) is 0 Å². The summed E-state index contributed by atoms with van der Waals surface area (Å²) >= 11 is 1.47. The van der Waals surface area contributed by atoms with Gasteiger partial charge in [0.05, 0.1) is 5.92 Å². The number of nitrogens with zero attached hydrogens (tertiary/aromatic N) is 4. The van der Waals surface area contributed by atoms with E-state index in [4.69, 9.17) is 0 Å². The Labute approximate surface area is 127 Å². The molecule has 21 heavy (non-hydrogen) atoms. The Balaban J connectivity index is 1.62. The highest BCUT2D eigenvalue weighted by atomic mass is 32.2. The molecule has 0 aliphatic carbocycles. The van der Waals surface area contributed by atoms with Gasteiger partial charge in [-0.15, -0.1) is 0 Å². The number of nitrogens with one attached hydrogen (secondary N) is 1. The minimum absolute atomic E-state index is 0.00606. The summed E-state index contributed by atoms with van der Waals surface area (Å²) in [6.07, 6.45) is 1.52. The van der Waals surface area contributed by atoms with Crippen LogP contribution >= 0.6 is 11.8 Å². The number of aromatic nitrogens is 2. The van der Waals surface area contributed by atoms with Crippen molar-refractivity contribution in [2.75, 3.05) is 39.0 Å². The van der Waals surface area contributed by atoms with Crippen LogP contribution in [0.4, 0.5) is 0 Å². The smallest absolute Gasteiger partial charge is 0.254 e. The van der Waals surface area contributed by atoms with Crippen LogP contribution in [0, 0.1) is 5.92 Å². The lowest BCUT2D eigenvalue weighted by molar-refractivity contribution is -0.130. The number of hydrogen-bond donors (Lipinski definition) is 1. The number of hydrogen-bond acceptors (Lipinski definition) is 6. The molecule has 0 radical (unpaired) electrons. The molecule has 1 amide bonds. The molecule has 0 spiro atoms. The molecule has 0 bridgehead atoms. The molecule has 8 heteroatoms. The number of piperazine rings is 1. The average Bonchev–Trinajstić information content (AvgIpc) is 2.50. The average molecular weight is 309 g/mol. The van der Waals surface area contributed by atoms with Crippen molar-refractivity contribution in [3.8, 4) is 0 Å². The topological polar surface area (TPSA) is 70.5 Å². The Hall–Kier alpha value is -1.38. The molecular weight excluding hydrogens is 290 g/mol. The van der Waals surface area contributed by atoms with Crippen LogP contribution in [-0.4, -0.2) is 64.3 Å². The van der Waals surface area contributed by atoms with E-state index in [1.807, 2.05) is 5.01 Å². The Morgan fingerprint density at radius 2 is 2.14 bits per heavy atom. The van der Waals surface area contributed by atoms with Gasteiger partial charge in [0.2, 0.25) is 5.91 Å². The van der Waals surface area contributed by atoms with E-state index in [-0.39, 0.29) is 17.4 Å². The van der Waals surface area contributed by atoms with E-state index in [0.717, 1.165) is 26.2 Å². The number of fused-ring (bicyclic) bond motifs is 1. The largest absolute Gasteiger partial charge is 0.304 e. The Morgan fingerprint density at radius 3 is 2.90 bits per heavy atom. The van der Waals surface area contributed by atoms with E-state index in [2.05, 4.69) is 22.4 Å². The van der Waals surface area contributed by atoms with Crippen molar-refractivity contribution >= 4 is 17.7 Å². The second-order valence-electron chi connectivity index (χ2n) is 5.45. The Morgan fingerprint density at radius 1 is 1.38 bits per heavy atom. The molecule has 1 saturated heterocycles. The minimum atomic E-state index is -0.191. The fraction of sp³-hybridized carbons (Fsp3) is 0.615. The zero-order chi connectivity index (χ0) is 14.8. The van der Waals surface area contributed by atoms with E-state index in [9.17, 15) is 9.59 Å². The van der Waals surface area contributed by atoms with Gasteiger partial charge in [-0.3, -0.25) is 19.6 Å². The van der Waals surface area contributed by atoms with Crippen LogP contribution in [0.2, 0.25) is 0 Å². The van der Waals surface area contributed by atoms with E-state index in [1.54, 1.807) is 4.57 Å². The SMILES string of the molecule is CN1CCN(NC(=O)C2CSc3nccc(=O)n3C2)CC1. The molecule has 0 saturated carbocycles.